The standard InChI is InChI=1S/C17H19NO3/c1-2-15-14(13-5-3-4-6-16(13)21-15)7-8-17(20)18-10-9-12(19)11-18/h3-8,12,19H,2,9-11H2,1H3/t12-/m1/s1. The van der Waals surface area contributed by atoms with Crippen LogP contribution in [0.15, 0.2) is 34.8 Å². The zero-order valence-corrected chi connectivity index (χ0v) is 12.1. The van der Waals surface area contributed by atoms with Crippen molar-refractivity contribution in [2.24, 2.45) is 0 Å². The molecule has 0 bridgehead atoms. The van der Waals surface area contributed by atoms with Crippen LogP contribution in [0.5, 0.6) is 0 Å². The number of β-amino-alcohol motifs (C(OH)–C–C–N with tert-alkyl or cyclic N) is 1. The maximum absolute atomic E-state index is 12.1. The van der Waals surface area contributed by atoms with Crippen LogP contribution in [0, 0.1) is 0 Å². The molecule has 1 amide bonds. The highest BCUT2D eigenvalue weighted by Crippen LogP contribution is 2.27. The van der Waals surface area contributed by atoms with Gasteiger partial charge in [-0.1, -0.05) is 25.1 Å². The summed E-state index contributed by atoms with van der Waals surface area (Å²) in [5.41, 5.74) is 1.82. The molecule has 4 nitrogen and oxygen atoms in total. The number of fused-ring (bicyclic) bond motifs is 1. The second-order valence-corrected chi connectivity index (χ2v) is 5.35. The van der Waals surface area contributed by atoms with Crippen LogP contribution in [0.4, 0.5) is 0 Å². The number of likely N-dealkylation sites (tertiary alicyclic amines) is 1. The Hall–Kier alpha value is -2.07. The van der Waals surface area contributed by atoms with Crippen LogP contribution in [0.25, 0.3) is 17.0 Å². The lowest BCUT2D eigenvalue weighted by Gasteiger charge is -2.12. The number of amides is 1. The number of benzene rings is 1. The van der Waals surface area contributed by atoms with Gasteiger partial charge in [0.25, 0.3) is 0 Å². The summed E-state index contributed by atoms with van der Waals surface area (Å²) in [6.07, 6.45) is 4.47. The highest BCUT2D eigenvalue weighted by molar-refractivity contribution is 5.96. The number of para-hydroxylation sites is 1. The van der Waals surface area contributed by atoms with E-state index in [-0.39, 0.29) is 12.0 Å². The third-order valence-electron chi connectivity index (χ3n) is 3.90. The molecule has 1 fully saturated rings. The van der Waals surface area contributed by atoms with E-state index in [0.717, 1.165) is 28.7 Å². The summed E-state index contributed by atoms with van der Waals surface area (Å²) in [5.74, 6) is 0.834. The molecule has 0 unspecified atom stereocenters. The summed E-state index contributed by atoms with van der Waals surface area (Å²) in [4.78, 5) is 13.8. The molecule has 0 saturated carbocycles. The van der Waals surface area contributed by atoms with Crippen LogP contribution in [0.1, 0.15) is 24.7 Å². The summed E-state index contributed by atoms with van der Waals surface area (Å²) in [6.45, 7) is 3.08. The molecule has 0 radical (unpaired) electrons. The van der Waals surface area contributed by atoms with Crippen LogP contribution < -0.4 is 0 Å². The molecule has 3 rings (SSSR count). The Balaban J connectivity index is 1.87. The summed E-state index contributed by atoms with van der Waals surface area (Å²) >= 11 is 0. The predicted octanol–water partition coefficient (Wildman–Crippen LogP) is 2.60. The van der Waals surface area contributed by atoms with Crippen LogP contribution >= 0.6 is 0 Å². The molecule has 1 saturated heterocycles. The van der Waals surface area contributed by atoms with Gasteiger partial charge in [-0.25, -0.2) is 0 Å². The van der Waals surface area contributed by atoms with Gasteiger partial charge in [-0.05, 0) is 18.6 Å². The minimum atomic E-state index is -0.386. The van der Waals surface area contributed by atoms with Gasteiger partial charge in [-0.2, -0.15) is 0 Å². The molecule has 2 heterocycles. The first-order valence-corrected chi connectivity index (χ1v) is 7.34. The number of aryl methyl sites for hydroxylation is 1. The Bertz CT molecular complexity index is 686. The van der Waals surface area contributed by atoms with Crippen molar-refractivity contribution in [1.29, 1.82) is 0 Å². The van der Waals surface area contributed by atoms with Gasteiger partial charge >= 0.3 is 0 Å². The van der Waals surface area contributed by atoms with E-state index in [1.807, 2.05) is 37.3 Å². The maximum Gasteiger partial charge on any atom is 0.246 e. The Labute approximate surface area is 123 Å². The molecular weight excluding hydrogens is 266 g/mol. The zero-order chi connectivity index (χ0) is 14.8. The van der Waals surface area contributed by atoms with Gasteiger partial charge in [0, 0.05) is 36.5 Å². The van der Waals surface area contributed by atoms with Crippen molar-refractivity contribution < 1.29 is 14.3 Å². The van der Waals surface area contributed by atoms with E-state index in [4.69, 9.17) is 4.42 Å². The molecule has 0 spiro atoms. The number of nitrogens with zero attached hydrogens (tertiary/aromatic N) is 1. The highest BCUT2D eigenvalue weighted by atomic mass is 16.3. The van der Waals surface area contributed by atoms with Crippen LogP contribution in [0.2, 0.25) is 0 Å². The van der Waals surface area contributed by atoms with E-state index >= 15 is 0 Å². The van der Waals surface area contributed by atoms with Crippen molar-refractivity contribution in [3.05, 3.63) is 41.7 Å². The minimum Gasteiger partial charge on any atom is -0.460 e. The van der Waals surface area contributed by atoms with Gasteiger partial charge in [0.2, 0.25) is 5.91 Å². The molecule has 1 atom stereocenters. The fourth-order valence-corrected chi connectivity index (χ4v) is 2.76. The molecule has 1 aliphatic heterocycles. The largest absolute Gasteiger partial charge is 0.460 e. The van der Waals surface area contributed by atoms with Crippen molar-refractivity contribution in [3.63, 3.8) is 0 Å². The Morgan fingerprint density at radius 3 is 3.00 bits per heavy atom. The fraction of sp³-hybridized carbons (Fsp3) is 0.353. The average Bonchev–Trinajstić information content (AvgIpc) is 3.08. The van der Waals surface area contributed by atoms with Crippen molar-refractivity contribution in [2.45, 2.75) is 25.9 Å². The molecular formula is C17H19NO3. The lowest BCUT2D eigenvalue weighted by Crippen LogP contribution is -2.27. The number of carbonyl (C=O) groups excluding carboxylic acids is 1. The topological polar surface area (TPSA) is 53.7 Å². The summed E-state index contributed by atoms with van der Waals surface area (Å²) in [5, 5.41) is 10.5. The SMILES string of the molecule is CCc1oc2ccccc2c1C=CC(=O)N1CC[C@@H](O)C1. The fourth-order valence-electron chi connectivity index (χ4n) is 2.76. The van der Waals surface area contributed by atoms with Gasteiger partial charge in [0.15, 0.2) is 0 Å². The molecule has 2 aromatic rings. The first kappa shape index (κ1) is 13.9. The van der Waals surface area contributed by atoms with Gasteiger partial charge < -0.3 is 14.4 Å². The number of aliphatic hydroxyl groups excluding tert-OH is 1. The first-order chi connectivity index (χ1) is 10.2. The molecule has 1 N–H and O–H groups in total. The lowest BCUT2D eigenvalue weighted by molar-refractivity contribution is -0.125. The number of hydrogen-bond donors (Lipinski definition) is 1. The van der Waals surface area contributed by atoms with E-state index in [1.165, 1.54) is 0 Å². The van der Waals surface area contributed by atoms with Gasteiger partial charge in [-0.3, -0.25) is 4.79 Å². The zero-order valence-electron chi connectivity index (χ0n) is 12.1. The molecule has 21 heavy (non-hydrogen) atoms. The first-order valence-electron chi connectivity index (χ1n) is 7.34. The van der Waals surface area contributed by atoms with Crippen molar-refractivity contribution >= 4 is 23.0 Å². The number of hydrogen-bond acceptors (Lipinski definition) is 3. The van der Waals surface area contributed by atoms with E-state index < -0.39 is 0 Å². The number of furan rings is 1. The third-order valence-corrected chi connectivity index (χ3v) is 3.90. The van der Waals surface area contributed by atoms with Crippen molar-refractivity contribution in [3.8, 4) is 0 Å². The number of rotatable bonds is 3. The number of carbonyl (C=O) groups is 1. The average molecular weight is 285 g/mol. The monoisotopic (exact) mass is 285 g/mol. The lowest BCUT2D eigenvalue weighted by atomic mass is 10.1. The molecule has 1 aromatic heterocycles. The molecule has 1 aliphatic rings. The normalized spacial score (nSPS) is 19.0. The van der Waals surface area contributed by atoms with E-state index in [9.17, 15) is 9.90 Å². The summed E-state index contributed by atoms with van der Waals surface area (Å²) in [6, 6.07) is 7.84. The molecule has 1 aromatic carbocycles. The molecule has 4 heteroatoms. The van der Waals surface area contributed by atoms with Gasteiger partial charge in [0.1, 0.15) is 11.3 Å². The smallest absolute Gasteiger partial charge is 0.246 e. The predicted molar refractivity (Wildman–Crippen MR) is 81.8 cm³/mol. The van der Waals surface area contributed by atoms with Crippen LogP contribution in [0.3, 0.4) is 0 Å². The van der Waals surface area contributed by atoms with Crippen molar-refractivity contribution in [2.75, 3.05) is 13.1 Å². The van der Waals surface area contributed by atoms with Gasteiger partial charge in [-0.15, -0.1) is 0 Å². The molecule has 110 valence electrons. The van der Waals surface area contributed by atoms with Crippen LogP contribution in [-0.4, -0.2) is 35.1 Å². The third kappa shape index (κ3) is 2.72. The minimum absolute atomic E-state index is 0.0566. The van der Waals surface area contributed by atoms with E-state index in [0.29, 0.717) is 19.5 Å². The Kier molecular flexibility index (Phi) is 3.80. The second-order valence-electron chi connectivity index (χ2n) is 5.35. The summed E-state index contributed by atoms with van der Waals surface area (Å²) in [7, 11) is 0. The van der Waals surface area contributed by atoms with Gasteiger partial charge in [0.05, 0.1) is 6.10 Å². The second kappa shape index (κ2) is 5.74. The van der Waals surface area contributed by atoms with E-state index in [2.05, 4.69) is 0 Å². The van der Waals surface area contributed by atoms with Crippen molar-refractivity contribution in [1.82, 2.24) is 4.90 Å². The Morgan fingerprint density at radius 1 is 1.48 bits per heavy atom. The Morgan fingerprint density at radius 2 is 2.29 bits per heavy atom. The van der Waals surface area contributed by atoms with E-state index in [1.54, 1.807) is 11.0 Å². The van der Waals surface area contributed by atoms with Crippen LogP contribution in [-0.2, 0) is 11.2 Å². The maximum atomic E-state index is 12.1. The highest BCUT2D eigenvalue weighted by Gasteiger charge is 2.23. The summed E-state index contributed by atoms with van der Waals surface area (Å²) < 4.78 is 5.81. The number of aliphatic hydroxyl groups is 1. The quantitative estimate of drug-likeness (QED) is 0.882. The molecule has 0 aliphatic carbocycles.